The lowest BCUT2D eigenvalue weighted by Crippen LogP contribution is -2.50. The molecule has 2 atom stereocenters. The van der Waals surface area contributed by atoms with E-state index in [9.17, 15) is 4.79 Å². The van der Waals surface area contributed by atoms with Crippen LogP contribution in [0.3, 0.4) is 0 Å². The zero-order valence-corrected chi connectivity index (χ0v) is 13.9. The average Bonchev–Trinajstić information content (AvgIpc) is 3.20. The lowest BCUT2D eigenvalue weighted by Gasteiger charge is -2.44. The van der Waals surface area contributed by atoms with Crippen LogP contribution in [-0.2, 0) is 11.3 Å². The maximum absolute atomic E-state index is 13.1. The molecule has 3 aliphatic carbocycles. The van der Waals surface area contributed by atoms with Gasteiger partial charge in [0.1, 0.15) is 0 Å². The zero-order valence-electron chi connectivity index (χ0n) is 13.1. The summed E-state index contributed by atoms with van der Waals surface area (Å²) in [5.74, 6) is 1.82. The lowest BCUT2D eigenvalue weighted by molar-refractivity contribution is -0.139. The van der Waals surface area contributed by atoms with Gasteiger partial charge in [-0.15, -0.1) is 11.3 Å². The fraction of sp³-hybridized carbons (Fsp3) is 0.722. The fourth-order valence-corrected chi connectivity index (χ4v) is 5.27. The quantitative estimate of drug-likeness (QED) is 0.925. The third-order valence-corrected chi connectivity index (χ3v) is 6.80. The van der Waals surface area contributed by atoms with Gasteiger partial charge in [-0.05, 0) is 61.8 Å². The number of amides is 1. The van der Waals surface area contributed by atoms with Crippen LogP contribution in [0.5, 0.6) is 0 Å². The molecule has 0 radical (unpaired) electrons. The molecule has 3 aliphatic rings. The van der Waals surface area contributed by atoms with Crippen molar-refractivity contribution < 1.29 is 4.79 Å². The predicted molar refractivity (Wildman–Crippen MR) is 89.4 cm³/mol. The average molecular weight is 318 g/mol. The van der Waals surface area contributed by atoms with Crippen molar-refractivity contribution in [3.63, 3.8) is 0 Å². The van der Waals surface area contributed by atoms with Crippen molar-refractivity contribution in [3.8, 4) is 0 Å². The highest BCUT2D eigenvalue weighted by Crippen LogP contribution is 2.43. The topological polar surface area (TPSA) is 46.3 Å². The second kappa shape index (κ2) is 5.97. The molecule has 22 heavy (non-hydrogen) atoms. The Morgan fingerprint density at radius 1 is 1.23 bits per heavy atom. The van der Waals surface area contributed by atoms with Crippen molar-refractivity contribution >= 4 is 17.2 Å². The minimum absolute atomic E-state index is 0.232. The summed E-state index contributed by atoms with van der Waals surface area (Å²) in [6.07, 6.45) is 8.22. The van der Waals surface area contributed by atoms with E-state index >= 15 is 0 Å². The van der Waals surface area contributed by atoms with Crippen LogP contribution in [0.15, 0.2) is 17.5 Å². The Hall–Kier alpha value is -0.870. The number of hydrogen-bond donors (Lipinski definition) is 1. The van der Waals surface area contributed by atoms with Gasteiger partial charge in [-0.25, -0.2) is 0 Å². The van der Waals surface area contributed by atoms with Crippen LogP contribution in [0.4, 0.5) is 0 Å². The van der Waals surface area contributed by atoms with Crippen molar-refractivity contribution in [1.82, 2.24) is 4.90 Å². The molecular weight excluding hydrogens is 292 g/mol. The molecule has 3 nitrogen and oxygen atoms in total. The van der Waals surface area contributed by atoms with Gasteiger partial charge >= 0.3 is 0 Å². The second-order valence-electron chi connectivity index (χ2n) is 7.47. The minimum Gasteiger partial charge on any atom is -0.334 e. The third kappa shape index (κ3) is 2.83. The Morgan fingerprint density at radius 2 is 1.95 bits per heavy atom. The normalized spacial score (nSPS) is 34.4. The molecule has 1 amide bonds. The molecule has 1 aromatic rings. The summed E-state index contributed by atoms with van der Waals surface area (Å²) >= 11 is 1.76. The van der Waals surface area contributed by atoms with Gasteiger partial charge in [0.25, 0.3) is 0 Å². The Kier molecular flexibility index (Phi) is 3.99. The molecule has 2 bridgehead atoms. The number of carbonyl (C=O) groups is 1. The van der Waals surface area contributed by atoms with Gasteiger partial charge in [0.15, 0.2) is 0 Å². The van der Waals surface area contributed by atoms with E-state index in [2.05, 4.69) is 22.4 Å². The van der Waals surface area contributed by atoms with Crippen molar-refractivity contribution in [2.75, 3.05) is 0 Å². The monoisotopic (exact) mass is 318 g/mol. The highest BCUT2D eigenvalue weighted by atomic mass is 32.1. The van der Waals surface area contributed by atoms with Gasteiger partial charge in [0.05, 0.1) is 6.54 Å². The predicted octanol–water partition coefficient (Wildman–Crippen LogP) is 3.39. The number of carbonyl (C=O) groups excluding carboxylic acids is 1. The van der Waals surface area contributed by atoms with E-state index in [1.54, 1.807) is 11.3 Å². The third-order valence-electron chi connectivity index (χ3n) is 5.94. The largest absolute Gasteiger partial charge is 0.334 e. The van der Waals surface area contributed by atoms with Gasteiger partial charge in [-0.1, -0.05) is 12.5 Å². The summed E-state index contributed by atoms with van der Waals surface area (Å²) in [6, 6.07) is 5.09. The molecule has 4 rings (SSSR count). The van der Waals surface area contributed by atoms with Crippen molar-refractivity contribution in [2.45, 2.75) is 63.6 Å². The first-order valence-electron chi connectivity index (χ1n) is 8.81. The molecule has 1 aromatic heterocycles. The molecule has 0 saturated heterocycles. The fourth-order valence-electron chi connectivity index (χ4n) is 4.57. The van der Waals surface area contributed by atoms with Crippen LogP contribution in [0.1, 0.15) is 49.8 Å². The molecule has 1 heterocycles. The van der Waals surface area contributed by atoms with Gasteiger partial charge in [0.2, 0.25) is 5.91 Å². The zero-order chi connectivity index (χ0) is 15.1. The van der Waals surface area contributed by atoms with Crippen LogP contribution >= 0.6 is 11.3 Å². The summed E-state index contributed by atoms with van der Waals surface area (Å²) in [5, 5.41) is 2.11. The molecule has 2 N–H and O–H groups in total. The molecule has 4 heteroatoms. The second-order valence-corrected chi connectivity index (χ2v) is 8.51. The van der Waals surface area contributed by atoms with Gasteiger partial charge in [0, 0.05) is 22.9 Å². The molecule has 0 aromatic carbocycles. The van der Waals surface area contributed by atoms with Crippen LogP contribution in [0, 0.1) is 17.8 Å². The van der Waals surface area contributed by atoms with Crippen molar-refractivity contribution in [3.05, 3.63) is 22.4 Å². The molecule has 3 saturated carbocycles. The van der Waals surface area contributed by atoms with E-state index in [4.69, 9.17) is 5.73 Å². The van der Waals surface area contributed by atoms with E-state index < -0.39 is 0 Å². The molecule has 0 aliphatic heterocycles. The van der Waals surface area contributed by atoms with E-state index in [0.717, 1.165) is 19.4 Å². The van der Waals surface area contributed by atoms with E-state index in [-0.39, 0.29) is 5.92 Å². The number of nitrogens with zero attached hydrogens (tertiary/aromatic N) is 1. The van der Waals surface area contributed by atoms with Crippen LogP contribution in [-0.4, -0.2) is 22.9 Å². The number of fused-ring (bicyclic) bond motifs is 2. The Bertz CT molecular complexity index is 511. The standard InChI is InChI=1S/C18H26N2OS/c19-17-12-3-1-4-13(17)10-14(9-12)18(21)20(15-6-7-15)11-16-5-2-8-22-16/h2,5,8,12-15,17H,1,3-4,6-7,9-11,19H2. The number of thiophene rings is 1. The van der Waals surface area contributed by atoms with E-state index in [1.165, 1.54) is 37.0 Å². The van der Waals surface area contributed by atoms with Crippen molar-refractivity contribution in [1.29, 1.82) is 0 Å². The van der Waals surface area contributed by atoms with E-state index in [0.29, 0.717) is 29.8 Å². The number of hydrogen-bond acceptors (Lipinski definition) is 3. The molecular formula is C18H26N2OS. The van der Waals surface area contributed by atoms with Crippen LogP contribution < -0.4 is 5.73 Å². The first-order chi connectivity index (χ1) is 10.7. The lowest BCUT2D eigenvalue weighted by atomic mass is 9.65. The first-order valence-corrected chi connectivity index (χ1v) is 9.69. The Morgan fingerprint density at radius 3 is 2.55 bits per heavy atom. The van der Waals surface area contributed by atoms with Gasteiger partial charge < -0.3 is 10.6 Å². The van der Waals surface area contributed by atoms with E-state index in [1.807, 2.05) is 0 Å². The summed E-state index contributed by atoms with van der Waals surface area (Å²) in [4.78, 5) is 16.6. The summed E-state index contributed by atoms with van der Waals surface area (Å²) in [7, 11) is 0. The highest BCUT2D eigenvalue weighted by Gasteiger charge is 2.43. The maximum Gasteiger partial charge on any atom is 0.226 e. The number of nitrogens with two attached hydrogens (primary N) is 1. The number of rotatable bonds is 4. The molecule has 3 fully saturated rings. The smallest absolute Gasteiger partial charge is 0.226 e. The molecule has 0 spiro atoms. The van der Waals surface area contributed by atoms with Crippen LogP contribution in [0.25, 0.3) is 0 Å². The summed E-state index contributed by atoms with van der Waals surface area (Å²) in [6.45, 7) is 0.819. The van der Waals surface area contributed by atoms with Crippen molar-refractivity contribution in [2.24, 2.45) is 23.5 Å². The first kappa shape index (κ1) is 14.7. The van der Waals surface area contributed by atoms with Gasteiger partial charge in [-0.3, -0.25) is 4.79 Å². The van der Waals surface area contributed by atoms with Crippen LogP contribution in [0.2, 0.25) is 0 Å². The Labute approximate surface area is 136 Å². The van der Waals surface area contributed by atoms with Gasteiger partial charge in [-0.2, -0.15) is 0 Å². The highest BCUT2D eigenvalue weighted by molar-refractivity contribution is 7.09. The Balaban J connectivity index is 1.47. The SMILES string of the molecule is NC1C2CCCC1CC(C(=O)N(Cc1cccs1)C1CC1)C2. The summed E-state index contributed by atoms with van der Waals surface area (Å²) in [5.41, 5.74) is 6.38. The maximum atomic E-state index is 13.1. The summed E-state index contributed by atoms with van der Waals surface area (Å²) < 4.78 is 0. The molecule has 120 valence electrons. The molecule has 2 unspecified atom stereocenters. The minimum atomic E-state index is 0.232.